The smallest absolute Gasteiger partial charge is 0.307 e. The number of esters is 1. The molecule has 0 spiro atoms. The number of hydrogen-bond acceptors (Lipinski definition) is 4. The summed E-state index contributed by atoms with van der Waals surface area (Å²) in [5.41, 5.74) is 0.351. The number of benzene rings is 1. The van der Waals surface area contributed by atoms with Crippen LogP contribution in [0.2, 0.25) is 0 Å². The SMILES string of the molecule is O=C(C[C@@H]1COc2ccccc2C1=O)OC12CC3CC(CC(C3)C1)C2. The first kappa shape index (κ1) is 15.4. The van der Waals surface area contributed by atoms with E-state index in [-0.39, 0.29) is 30.4 Å². The average Bonchev–Trinajstić information content (AvgIpc) is 2.56. The normalized spacial score (nSPS) is 38.2. The van der Waals surface area contributed by atoms with Crippen LogP contribution in [0.5, 0.6) is 5.75 Å². The molecule has 0 saturated heterocycles. The molecule has 0 radical (unpaired) electrons. The molecule has 1 aliphatic heterocycles. The Kier molecular flexibility index (Phi) is 3.44. The molecule has 4 saturated carbocycles. The van der Waals surface area contributed by atoms with Crippen LogP contribution < -0.4 is 4.74 Å². The van der Waals surface area contributed by atoms with E-state index in [2.05, 4.69) is 0 Å². The van der Waals surface area contributed by atoms with Crippen LogP contribution in [0.15, 0.2) is 24.3 Å². The summed E-state index contributed by atoms with van der Waals surface area (Å²) < 4.78 is 11.7. The van der Waals surface area contributed by atoms with E-state index in [0.29, 0.717) is 11.3 Å². The molecule has 0 unspecified atom stereocenters. The van der Waals surface area contributed by atoms with Gasteiger partial charge in [0.15, 0.2) is 5.78 Å². The Balaban J connectivity index is 1.27. The Morgan fingerprint density at radius 3 is 2.40 bits per heavy atom. The number of fused-ring (bicyclic) bond motifs is 1. The summed E-state index contributed by atoms with van der Waals surface area (Å²) in [6.07, 6.45) is 7.19. The van der Waals surface area contributed by atoms with E-state index in [9.17, 15) is 9.59 Å². The van der Waals surface area contributed by atoms with Crippen LogP contribution in [0.4, 0.5) is 0 Å². The molecular weight excluding hydrogens is 316 g/mol. The first-order valence-electron chi connectivity index (χ1n) is 9.58. The van der Waals surface area contributed by atoms with Gasteiger partial charge in [-0.25, -0.2) is 0 Å². The number of ketones is 1. The molecule has 25 heavy (non-hydrogen) atoms. The fourth-order valence-electron chi connectivity index (χ4n) is 6.07. The predicted octanol–water partition coefficient (Wildman–Crippen LogP) is 3.78. The molecule has 4 aliphatic carbocycles. The predicted molar refractivity (Wildman–Crippen MR) is 91.4 cm³/mol. The van der Waals surface area contributed by atoms with Crippen LogP contribution in [0.25, 0.3) is 0 Å². The lowest BCUT2D eigenvalue weighted by molar-refractivity contribution is -0.187. The second-order valence-electron chi connectivity index (χ2n) is 8.65. The number of ether oxygens (including phenoxy) is 2. The first-order valence-corrected chi connectivity index (χ1v) is 9.58. The maximum absolute atomic E-state index is 12.6. The summed E-state index contributed by atoms with van der Waals surface area (Å²) >= 11 is 0. The molecule has 1 aromatic rings. The minimum atomic E-state index is -0.420. The minimum absolute atomic E-state index is 0.00399. The van der Waals surface area contributed by atoms with Gasteiger partial charge >= 0.3 is 5.97 Å². The third-order valence-corrected chi connectivity index (χ3v) is 6.69. The molecule has 4 bridgehead atoms. The largest absolute Gasteiger partial charge is 0.492 e. The monoisotopic (exact) mass is 340 g/mol. The van der Waals surface area contributed by atoms with E-state index in [1.165, 1.54) is 19.3 Å². The Morgan fingerprint density at radius 1 is 1.08 bits per heavy atom. The van der Waals surface area contributed by atoms with Crippen molar-refractivity contribution in [2.45, 2.75) is 50.5 Å². The van der Waals surface area contributed by atoms with Crippen LogP contribution in [-0.4, -0.2) is 24.0 Å². The molecule has 0 N–H and O–H groups in total. The molecule has 4 heteroatoms. The number of carbonyl (C=O) groups is 2. The van der Waals surface area contributed by atoms with Crippen molar-refractivity contribution in [3.8, 4) is 5.75 Å². The maximum Gasteiger partial charge on any atom is 0.307 e. The zero-order valence-electron chi connectivity index (χ0n) is 14.4. The van der Waals surface area contributed by atoms with Crippen LogP contribution in [0.1, 0.15) is 55.3 Å². The molecule has 6 rings (SSSR count). The van der Waals surface area contributed by atoms with Gasteiger partial charge in [-0.05, 0) is 68.4 Å². The molecule has 4 fully saturated rings. The molecule has 0 aromatic heterocycles. The summed E-state index contributed by atoms with van der Waals surface area (Å²) in [5.74, 6) is 2.21. The van der Waals surface area contributed by atoms with Crippen LogP contribution >= 0.6 is 0 Å². The second-order valence-corrected chi connectivity index (χ2v) is 8.65. The Labute approximate surface area is 147 Å². The summed E-state index contributed by atoms with van der Waals surface area (Å²) in [7, 11) is 0. The first-order chi connectivity index (χ1) is 12.1. The van der Waals surface area contributed by atoms with E-state index in [0.717, 1.165) is 37.0 Å². The summed E-state index contributed by atoms with van der Waals surface area (Å²) in [6.45, 7) is 0.270. The van der Waals surface area contributed by atoms with Gasteiger partial charge in [-0.3, -0.25) is 9.59 Å². The van der Waals surface area contributed by atoms with E-state index >= 15 is 0 Å². The van der Waals surface area contributed by atoms with Gasteiger partial charge in [-0.2, -0.15) is 0 Å². The van der Waals surface area contributed by atoms with E-state index in [1.54, 1.807) is 12.1 Å². The third kappa shape index (κ3) is 2.66. The zero-order valence-corrected chi connectivity index (χ0v) is 14.4. The van der Waals surface area contributed by atoms with Crippen molar-refractivity contribution in [3.05, 3.63) is 29.8 Å². The Hall–Kier alpha value is -1.84. The number of rotatable bonds is 3. The lowest BCUT2D eigenvalue weighted by atomic mass is 9.54. The highest BCUT2D eigenvalue weighted by atomic mass is 16.6. The maximum atomic E-state index is 12.6. The van der Waals surface area contributed by atoms with Gasteiger partial charge in [0, 0.05) is 0 Å². The van der Waals surface area contributed by atoms with Crippen molar-refractivity contribution in [2.24, 2.45) is 23.7 Å². The number of carbonyl (C=O) groups excluding carboxylic acids is 2. The topological polar surface area (TPSA) is 52.6 Å². The molecular formula is C21H24O4. The van der Waals surface area contributed by atoms with Crippen molar-refractivity contribution in [1.29, 1.82) is 0 Å². The molecule has 132 valence electrons. The van der Waals surface area contributed by atoms with Gasteiger partial charge in [0.05, 0.1) is 24.5 Å². The highest BCUT2D eigenvalue weighted by molar-refractivity contribution is 6.02. The van der Waals surface area contributed by atoms with E-state index in [4.69, 9.17) is 9.47 Å². The molecule has 0 amide bonds. The quantitative estimate of drug-likeness (QED) is 0.786. The molecule has 1 atom stereocenters. The minimum Gasteiger partial charge on any atom is -0.492 e. The van der Waals surface area contributed by atoms with Crippen molar-refractivity contribution in [1.82, 2.24) is 0 Å². The summed E-state index contributed by atoms with van der Waals surface area (Å²) in [6, 6.07) is 7.26. The molecule has 5 aliphatic rings. The summed E-state index contributed by atoms with van der Waals surface area (Å²) in [5, 5.41) is 0. The molecule has 4 nitrogen and oxygen atoms in total. The van der Waals surface area contributed by atoms with Crippen molar-refractivity contribution in [2.75, 3.05) is 6.61 Å². The van der Waals surface area contributed by atoms with Gasteiger partial charge in [0.25, 0.3) is 0 Å². The van der Waals surface area contributed by atoms with Gasteiger partial charge in [-0.15, -0.1) is 0 Å². The second kappa shape index (κ2) is 5.58. The van der Waals surface area contributed by atoms with Gasteiger partial charge in [0.1, 0.15) is 11.4 Å². The van der Waals surface area contributed by atoms with Gasteiger partial charge < -0.3 is 9.47 Å². The van der Waals surface area contributed by atoms with Gasteiger partial charge in [0.2, 0.25) is 0 Å². The van der Waals surface area contributed by atoms with Crippen molar-refractivity contribution >= 4 is 11.8 Å². The molecule has 1 aromatic carbocycles. The van der Waals surface area contributed by atoms with Crippen LogP contribution in [0.3, 0.4) is 0 Å². The van der Waals surface area contributed by atoms with E-state index < -0.39 is 5.92 Å². The number of Topliss-reactive ketones (excluding diaryl/α,β-unsaturated/α-hetero) is 1. The lowest BCUT2D eigenvalue weighted by Crippen LogP contribution is -2.53. The highest BCUT2D eigenvalue weighted by Gasteiger charge is 2.53. The fourth-order valence-corrected chi connectivity index (χ4v) is 6.07. The lowest BCUT2D eigenvalue weighted by Gasteiger charge is -2.55. The zero-order chi connectivity index (χ0) is 17.0. The van der Waals surface area contributed by atoms with Crippen LogP contribution in [-0.2, 0) is 9.53 Å². The highest BCUT2D eigenvalue weighted by Crippen LogP contribution is 2.57. The summed E-state index contributed by atoms with van der Waals surface area (Å²) in [4.78, 5) is 25.3. The van der Waals surface area contributed by atoms with Crippen LogP contribution in [0, 0.1) is 23.7 Å². The Morgan fingerprint density at radius 2 is 1.72 bits per heavy atom. The van der Waals surface area contributed by atoms with Crippen molar-refractivity contribution < 1.29 is 19.1 Å². The third-order valence-electron chi connectivity index (χ3n) is 6.69. The number of hydrogen-bond donors (Lipinski definition) is 0. The fraction of sp³-hybridized carbons (Fsp3) is 0.619. The standard InChI is InChI=1S/C21H24O4/c22-19(8-16-12-24-18-4-2-1-3-17(18)20(16)23)25-21-9-13-5-14(10-21)7-15(6-13)11-21/h1-4,13-16H,5-12H2/t13?,14?,15?,16-,21?/m1/s1. The van der Waals surface area contributed by atoms with Crippen molar-refractivity contribution in [3.63, 3.8) is 0 Å². The average molecular weight is 340 g/mol. The number of para-hydroxylation sites is 1. The Bertz CT molecular complexity index is 687. The molecule has 1 heterocycles. The van der Waals surface area contributed by atoms with E-state index in [1.807, 2.05) is 12.1 Å². The van der Waals surface area contributed by atoms with Gasteiger partial charge in [-0.1, -0.05) is 12.1 Å².